The monoisotopic (exact) mass is 286 g/mol. The zero-order valence-electron chi connectivity index (χ0n) is 12.5. The van der Waals surface area contributed by atoms with Gasteiger partial charge in [0.15, 0.2) is 0 Å². The fraction of sp³-hybridized carbons (Fsp3) is 0.375. The molecule has 0 saturated carbocycles. The second-order valence-electron chi connectivity index (χ2n) is 5.56. The van der Waals surface area contributed by atoms with Crippen molar-refractivity contribution in [2.75, 3.05) is 5.32 Å². The summed E-state index contributed by atoms with van der Waals surface area (Å²) < 4.78 is 1.86. The summed E-state index contributed by atoms with van der Waals surface area (Å²) in [6, 6.07) is 9.56. The Morgan fingerprint density at radius 3 is 2.62 bits per heavy atom. The van der Waals surface area contributed by atoms with Gasteiger partial charge < -0.3 is 11.1 Å². The van der Waals surface area contributed by atoms with Crippen molar-refractivity contribution >= 4 is 11.6 Å². The minimum Gasteiger partial charge on any atom is -0.327 e. The Balaban J connectivity index is 1.88. The number of benzene rings is 1. The van der Waals surface area contributed by atoms with Crippen molar-refractivity contribution in [3.8, 4) is 0 Å². The van der Waals surface area contributed by atoms with Gasteiger partial charge in [-0.15, -0.1) is 0 Å². The molecule has 1 heterocycles. The van der Waals surface area contributed by atoms with Crippen molar-refractivity contribution in [2.24, 2.45) is 11.7 Å². The first-order chi connectivity index (χ1) is 10.0. The Kier molecular flexibility index (Phi) is 5.11. The van der Waals surface area contributed by atoms with Crippen LogP contribution in [-0.2, 0) is 11.3 Å². The molecule has 1 aromatic heterocycles. The van der Waals surface area contributed by atoms with E-state index in [2.05, 4.69) is 10.4 Å². The van der Waals surface area contributed by atoms with E-state index in [4.69, 9.17) is 5.73 Å². The van der Waals surface area contributed by atoms with Gasteiger partial charge >= 0.3 is 0 Å². The molecular weight excluding hydrogens is 264 g/mol. The second-order valence-corrected chi connectivity index (χ2v) is 5.56. The predicted molar refractivity (Wildman–Crippen MR) is 83.8 cm³/mol. The summed E-state index contributed by atoms with van der Waals surface area (Å²) in [5, 5.41) is 7.04. The summed E-state index contributed by atoms with van der Waals surface area (Å²) in [6.45, 7) is 4.75. The van der Waals surface area contributed by atoms with Crippen molar-refractivity contribution in [2.45, 2.75) is 32.9 Å². The molecule has 0 aliphatic rings. The van der Waals surface area contributed by atoms with Crippen LogP contribution >= 0.6 is 0 Å². The Hall–Kier alpha value is -2.14. The predicted octanol–water partition coefficient (Wildman–Crippen LogP) is 2.24. The molecule has 3 N–H and O–H groups in total. The summed E-state index contributed by atoms with van der Waals surface area (Å²) in [7, 11) is 0. The molecule has 0 fully saturated rings. The van der Waals surface area contributed by atoms with Gasteiger partial charge in [0.25, 0.3) is 0 Å². The van der Waals surface area contributed by atoms with Gasteiger partial charge in [-0.3, -0.25) is 9.48 Å². The number of carbonyl (C=O) groups is 1. The van der Waals surface area contributed by atoms with Crippen LogP contribution in [0.4, 0.5) is 5.69 Å². The molecule has 1 amide bonds. The zero-order valence-corrected chi connectivity index (χ0v) is 12.5. The molecule has 1 aromatic carbocycles. The summed E-state index contributed by atoms with van der Waals surface area (Å²) in [4.78, 5) is 11.9. The van der Waals surface area contributed by atoms with E-state index in [-0.39, 0.29) is 11.9 Å². The van der Waals surface area contributed by atoms with E-state index in [9.17, 15) is 4.79 Å². The molecule has 2 aromatic rings. The Morgan fingerprint density at radius 2 is 2.05 bits per heavy atom. The Bertz CT molecular complexity index is 560. The minimum atomic E-state index is -0.107. The fourth-order valence-corrected chi connectivity index (χ4v) is 1.94. The highest BCUT2D eigenvalue weighted by atomic mass is 16.1. The molecule has 21 heavy (non-hydrogen) atoms. The van der Waals surface area contributed by atoms with Crippen LogP contribution in [0, 0.1) is 5.92 Å². The molecule has 0 aliphatic carbocycles. The first-order valence-corrected chi connectivity index (χ1v) is 7.16. The lowest BCUT2D eigenvalue weighted by atomic mass is 10.0. The number of hydrogen-bond donors (Lipinski definition) is 2. The summed E-state index contributed by atoms with van der Waals surface area (Å²) >= 11 is 0. The summed E-state index contributed by atoms with van der Waals surface area (Å²) in [5.41, 5.74) is 7.83. The molecule has 0 saturated heterocycles. The number of carbonyl (C=O) groups excluding carboxylic acids is 1. The molecule has 0 aliphatic heterocycles. The number of nitrogens with one attached hydrogen (secondary N) is 1. The molecule has 1 unspecified atom stereocenters. The third-order valence-corrected chi connectivity index (χ3v) is 3.42. The average Bonchev–Trinajstić information content (AvgIpc) is 2.93. The molecule has 5 nitrogen and oxygen atoms in total. The number of anilines is 1. The zero-order chi connectivity index (χ0) is 15.2. The van der Waals surface area contributed by atoms with Crippen LogP contribution in [0.25, 0.3) is 0 Å². The van der Waals surface area contributed by atoms with Crippen LogP contribution in [0.1, 0.15) is 25.8 Å². The lowest BCUT2D eigenvalue weighted by Crippen LogP contribution is -2.31. The van der Waals surface area contributed by atoms with Crippen LogP contribution < -0.4 is 11.1 Å². The van der Waals surface area contributed by atoms with Crippen LogP contribution in [0.15, 0.2) is 42.7 Å². The lowest BCUT2D eigenvalue weighted by Gasteiger charge is -2.15. The van der Waals surface area contributed by atoms with Crippen LogP contribution in [0.5, 0.6) is 0 Å². The van der Waals surface area contributed by atoms with Crippen molar-refractivity contribution in [1.82, 2.24) is 9.78 Å². The van der Waals surface area contributed by atoms with E-state index in [0.29, 0.717) is 12.3 Å². The van der Waals surface area contributed by atoms with Gasteiger partial charge in [-0.1, -0.05) is 26.0 Å². The SMILES string of the molecule is CC(C)C(N)CC(=O)Nc1ccc(Cn2cccn2)cc1. The van der Waals surface area contributed by atoms with Gasteiger partial charge in [0.05, 0.1) is 6.54 Å². The maximum atomic E-state index is 11.9. The maximum Gasteiger partial charge on any atom is 0.225 e. The topological polar surface area (TPSA) is 72.9 Å². The maximum absolute atomic E-state index is 11.9. The van der Waals surface area contributed by atoms with Gasteiger partial charge in [0, 0.05) is 30.5 Å². The number of amides is 1. The van der Waals surface area contributed by atoms with E-state index in [1.54, 1.807) is 6.20 Å². The Labute approximate surface area is 125 Å². The van der Waals surface area contributed by atoms with Crippen molar-refractivity contribution in [3.63, 3.8) is 0 Å². The molecule has 112 valence electrons. The molecule has 5 heteroatoms. The normalized spacial score (nSPS) is 12.4. The standard InChI is InChI=1S/C16H22N4O/c1-12(2)15(17)10-16(21)19-14-6-4-13(5-7-14)11-20-9-3-8-18-20/h3-9,12,15H,10-11,17H2,1-2H3,(H,19,21). The number of rotatable bonds is 6. The molecule has 2 rings (SSSR count). The number of nitrogens with zero attached hydrogens (tertiary/aromatic N) is 2. The van der Waals surface area contributed by atoms with Crippen molar-refractivity contribution in [1.29, 1.82) is 0 Å². The molecule has 1 atom stereocenters. The average molecular weight is 286 g/mol. The lowest BCUT2D eigenvalue weighted by molar-refractivity contribution is -0.116. The number of hydrogen-bond acceptors (Lipinski definition) is 3. The summed E-state index contributed by atoms with van der Waals surface area (Å²) in [5.74, 6) is 0.253. The van der Waals surface area contributed by atoms with Crippen LogP contribution in [0.2, 0.25) is 0 Å². The third kappa shape index (κ3) is 4.72. The second kappa shape index (κ2) is 7.04. The highest BCUT2D eigenvalue weighted by Crippen LogP contribution is 2.12. The van der Waals surface area contributed by atoms with Gasteiger partial charge in [-0.25, -0.2) is 0 Å². The first kappa shape index (κ1) is 15.3. The van der Waals surface area contributed by atoms with E-state index in [1.807, 2.05) is 55.1 Å². The van der Waals surface area contributed by atoms with Gasteiger partial charge in [-0.05, 0) is 29.7 Å². The van der Waals surface area contributed by atoms with E-state index >= 15 is 0 Å². The van der Waals surface area contributed by atoms with Gasteiger partial charge in [0.2, 0.25) is 5.91 Å². The molecule has 0 bridgehead atoms. The van der Waals surface area contributed by atoms with Crippen LogP contribution in [-0.4, -0.2) is 21.7 Å². The highest BCUT2D eigenvalue weighted by Gasteiger charge is 2.12. The largest absolute Gasteiger partial charge is 0.327 e. The van der Waals surface area contributed by atoms with E-state index in [1.165, 1.54) is 0 Å². The first-order valence-electron chi connectivity index (χ1n) is 7.16. The molecular formula is C16H22N4O. The molecule has 0 radical (unpaired) electrons. The van der Waals surface area contributed by atoms with E-state index in [0.717, 1.165) is 17.8 Å². The number of nitrogens with two attached hydrogens (primary N) is 1. The van der Waals surface area contributed by atoms with E-state index < -0.39 is 0 Å². The van der Waals surface area contributed by atoms with Crippen molar-refractivity contribution in [3.05, 3.63) is 48.3 Å². The minimum absolute atomic E-state index is 0.0453. The summed E-state index contributed by atoms with van der Waals surface area (Å²) in [6.07, 6.45) is 4.02. The molecule has 0 spiro atoms. The smallest absolute Gasteiger partial charge is 0.225 e. The van der Waals surface area contributed by atoms with Gasteiger partial charge in [0.1, 0.15) is 0 Å². The quantitative estimate of drug-likeness (QED) is 0.855. The van der Waals surface area contributed by atoms with Gasteiger partial charge in [-0.2, -0.15) is 5.10 Å². The highest BCUT2D eigenvalue weighted by molar-refractivity contribution is 5.91. The fourth-order valence-electron chi connectivity index (χ4n) is 1.94. The van der Waals surface area contributed by atoms with Crippen LogP contribution in [0.3, 0.4) is 0 Å². The number of aromatic nitrogens is 2. The third-order valence-electron chi connectivity index (χ3n) is 3.42. The van der Waals surface area contributed by atoms with Crippen molar-refractivity contribution < 1.29 is 4.79 Å². The Morgan fingerprint density at radius 1 is 1.33 bits per heavy atom.